The molecule has 5 nitrogen and oxygen atoms in total. The molecule has 1 aliphatic carbocycles. The molecular weight excluding hydrogens is 407 g/mol. The first kappa shape index (κ1) is 21.9. The van der Waals surface area contributed by atoms with Gasteiger partial charge in [-0.1, -0.05) is 19.3 Å². The standard InChI is InChI=1S/C23H28F3N3O2/c24-23(25,26)20-10-19(7-6-17(20)11-27)28-9-8-22(15-30)14-29(13-18(22)12-28)21(31)16-4-2-1-3-5-16/h6-7,10,16,18,30H,1-5,8-9,12-15H2. The highest BCUT2D eigenvalue weighted by molar-refractivity contribution is 5.79. The minimum atomic E-state index is -4.59. The number of hydrogen-bond donors (Lipinski definition) is 1. The van der Waals surface area contributed by atoms with Crippen LogP contribution < -0.4 is 4.90 Å². The van der Waals surface area contributed by atoms with Crippen LogP contribution in [-0.4, -0.2) is 48.7 Å². The number of alkyl halides is 3. The molecular formula is C23H28F3N3O2. The van der Waals surface area contributed by atoms with Crippen molar-refractivity contribution in [2.24, 2.45) is 17.3 Å². The third-order valence-electron chi connectivity index (χ3n) is 7.51. The maximum Gasteiger partial charge on any atom is 0.417 e. The minimum Gasteiger partial charge on any atom is -0.396 e. The second-order valence-corrected chi connectivity index (χ2v) is 9.31. The highest BCUT2D eigenvalue weighted by atomic mass is 19.4. The molecule has 8 heteroatoms. The van der Waals surface area contributed by atoms with Gasteiger partial charge in [-0.15, -0.1) is 0 Å². The first-order valence-corrected chi connectivity index (χ1v) is 11.0. The third kappa shape index (κ3) is 4.12. The van der Waals surface area contributed by atoms with E-state index in [0.29, 0.717) is 38.3 Å². The molecule has 2 aliphatic heterocycles. The number of nitriles is 1. The summed E-state index contributed by atoms with van der Waals surface area (Å²) in [4.78, 5) is 16.8. The van der Waals surface area contributed by atoms with Crippen molar-refractivity contribution in [1.82, 2.24) is 4.90 Å². The lowest BCUT2D eigenvalue weighted by atomic mass is 9.73. The van der Waals surface area contributed by atoms with Crippen molar-refractivity contribution in [2.45, 2.75) is 44.7 Å². The number of carbonyl (C=O) groups is 1. The summed E-state index contributed by atoms with van der Waals surface area (Å²) in [5, 5.41) is 19.2. The Kier molecular flexibility index (Phi) is 5.91. The number of aliphatic hydroxyl groups is 1. The number of anilines is 1. The quantitative estimate of drug-likeness (QED) is 0.784. The lowest BCUT2D eigenvalue weighted by Gasteiger charge is -2.43. The Bertz CT molecular complexity index is 876. The van der Waals surface area contributed by atoms with Crippen molar-refractivity contribution in [2.75, 3.05) is 37.7 Å². The van der Waals surface area contributed by atoms with Crippen molar-refractivity contribution in [3.05, 3.63) is 29.3 Å². The molecule has 2 atom stereocenters. The number of aliphatic hydroxyl groups excluding tert-OH is 1. The molecule has 1 amide bonds. The maximum atomic E-state index is 13.4. The Morgan fingerprint density at radius 2 is 1.97 bits per heavy atom. The van der Waals surface area contributed by atoms with Gasteiger partial charge in [0.1, 0.15) is 0 Å². The Balaban J connectivity index is 1.52. The van der Waals surface area contributed by atoms with Crippen molar-refractivity contribution in [1.29, 1.82) is 5.26 Å². The average molecular weight is 435 g/mol. The van der Waals surface area contributed by atoms with Gasteiger partial charge in [0, 0.05) is 49.1 Å². The first-order valence-electron chi connectivity index (χ1n) is 11.0. The van der Waals surface area contributed by atoms with Gasteiger partial charge in [-0.25, -0.2) is 0 Å². The van der Waals surface area contributed by atoms with E-state index in [4.69, 9.17) is 5.26 Å². The summed E-state index contributed by atoms with van der Waals surface area (Å²) in [6.07, 6.45) is 1.19. The summed E-state index contributed by atoms with van der Waals surface area (Å²) in [6, 6.07) is 5.44. The van der Waals surface area contributed by atoms with Gasteiger partial charge in [0.15, 0.2) is 0 Å². The van der Waals surface area contributed by atoms with Crippen LogP contribution in [0.1, 0.15) is 49.7 Å². The molecule has 2 unspecified atom stereocenters. The molecule has 1 aromatic carbocycles. The third-order valence-corrected chi connectivity index (χ3v) is 7.51. The summed E-state index contributed by atoms with van der Waals surface area (Å²) in [6.45, 7) is 2.03. The summed E-state index contributed by atoms with van der Waals surface area (Å²) in [7, 11) is 0. The van der Waals surface area contributed by atoms with Crippen LogP contribution in [0, 0.1) is 28.6 Å². The largest absolute Gasteiger partial charge is 0.417 e. The molecule has 4 rings (SSSR count). The Morgan fingerprint density at radius 3 is 2.61 bits per heavy atom. The minimum absolute atomic E-state index is 0.00349. The van der Waals surface area contributed by atoms with Crippen molar-refractivity contribution >= 4 is 11.6 Å². The van der Waals surface area contributed by atoms with E-state index in [0.717, 1.165) is 31.7 Å². The number of fused-ring (bicyclic) bond motifs is 1. The monoisotopic (exact) mass is 435 g/mol. The molecule has 0 bridgehead atoms. The zero-order valence-electron chi connectivity index (χ0n) is 17.5. The number of hydrogen-bond acceptors (Lipinski definition) is 4. The van der Waals surface area contributed by atoms with E-state index >= 15 is 0 Å². The van der Waals surface area contributed by atoms with Crippen molar-refractivity contribution in [3.8, 4) is 6.07 Å². The van der Waals surface area contributed by atoms with Crippen LogP contribution in [0.2, 0.25) is 0 Å². The Hall–Kier alpha value is -2.27. The maximum absolute atomic E-state index is 13.4. The Morgan fingerprint density at radius 1 is 1.23 bits per heavy atom. The van der Waals surface area contributed by atoms with Gasteiger partial charge in [-0.2, -0.15) is 18.4 Å². The molecule has 3 fully saturated rings. The molecule has 0 spiro atoms. The van der Waals surface area contributed by atoms with Crippen LogP contribution in [0.15, 0.2) is 18.2 Å². The summed E-state index contributed by atoms with van der Waals surface area (Å²) in [5.41, 5.74) is -1.27. The van der Waals surface area contributed by atoms with E-state index in [1.54, 1.807) is 12.1 Å². The molecule has 1 saturated carbocycles. The molecule has 3 aliphatic rings. The smallest absolute Gasteiger partial charge is 0.396 e. The second-order valence-electron chi connectivity index (χ2n) is 9.31. The predicted octanol–water partition coefficient (Wildman–Crippen LogP) is 3.80. The highest BCUT2D eigenvalue weighted by Crippen LogP contribution is 2.45. The van der Waals surface area contributed by atoms with E-state index in [-0.39, 0.29) is 35.3 Å². The van der Waals surface area contributed by atoms with Gasteiger partial charge in [-0.05, 0) is 37.5 Å². The number of amides is 1. The number of nitrogens with zero attached hydrogens (tertiary/aromatic N) is 3. The number of likely N-dealkylation sites (tertiary alicyclic amines) is 1. The fourth-order valence-corrected chi connectivity index (χ4v) is 5.61. The SMILES string of the molecule is N#Cc1ccc(N2CCC3(CO)CN(C(=O)C4CCCCC4)CC3C2)cc1C(F)(F)F. The fourth-order valence-electron chi connectivity index (χ4n) is 5.61. The molecule has 168 valence electrons. The number of rotatable bonds is 3. The first-order chi connectivity index (χ1) is 14.8. The fraction of sp³-hybridized carbons (Fsp3) is 0.652. The van der Waals surface area contributed by atoms with Crippen molar-refractivity contribution in [3.63, 3.8) is 0 Å². The highest BCUT2D eigenvalue weighted by Gasteiger charge is 2.51. The molecule has 31 heavy (non-hydrogen) atoms. The van der Waals surface area contributed by atoms with Crippen molar-refractivity contribution < 1.29 is 23.1 Å². The van der Waals surface area contributed by atoms with Crippen LogP contribution >= 0.6 is 0 Å². The zero-order valence-corrected chi connectivity index (χ0v) is 17.5. The van der Waals surface area contributed by atoms with Crippen LogP contribution in [0.3, 0.4) is 0 Å². The second kappa shape index (κ2) is 8.34. The van der Waals surface area contributed by atoms with Crippen LogP contribution in [-0.2, 0) is 11.0 Å². The van der Waals surface area contributed by atoms with Crippen LogP contribution in [0.5, 0.6) is 0 Å². The summed E-state index contributed by atoms with van der Waals surface area (Å²) >= 11 is 0. The van der Waals surface area contributed by atoms with E-state index in [9.17, 15) is 23.1 Å². The molecule has 1 N–H and O–H groups in total. The van der Waals surface area contributed by atoms with Gasteiger partial charge in [0.2, 0.25) is 5.91 Å². The van der Waals surface area contributed by atoms with E-state index < -0.39 is 11.7 Å². The zero-order chi connectivity index (χ0) is 22.2. The summed E-state index contributed by atoms with van der Waals surface area (Å²) in [5.74, 6) is 0.239. The van der Waals surface area contributed by atoms with E-state index in [1.165, 1.54) is 12.5 Å². The van der Waals surface area contributed by atoms with E-state index in [1.807, 2.05) is 9.80 Å². The normalized spacial score (nSPS) is 27.1. The molecule has 0 radical (unpaired) electrons. The van der Waals surface area contributed by atoms with Gasteiger partial charge in [-0.3, -0.25) is 4.79 Å². The molecule has 1 aromatic rings. The summed E-state index contributed by atoms with van der Waals surface area (Å²) < 4.78 is 40.1. The average Bonchev–Trinajstić information content (AvgIpc) is 3.17. The van der Waals surface area contributed by atoms with E-state index in [2.05, 4.69) is 0 Å². The number of halogens is 3. The molecule has 2 heterocycles. The van der Waals surface area contributed by atoms with Crippen LogP contribution in [0.4, 0.5) is 18.9 Å². The molecule has 2 saturated heterocycles. The number of piperidine rings is 1. The lowest BCUT2D eigenvalue weighted by Crippen LogP contribution is -2.49. The van der Waals surface area contributed by atoms with Gasteiger partial charge < -0.3 is 14.9 Å². The Labute approximate surface area is 180 Å². The molecule has 0 aromatic heterocycles. The predicted molar refractivity (Wildman–Crippen MR) is 109 cm³/mol. The van der Waals surface area contributed by atoms with Gasteiger partial charge in [0.05, 0.1) is 23.8 Å². The van der Waals surface area contributed by atoms with Crippen LogP contribution in [0.25, 0.3) is 0 Å². The van der Waals surface area contributed by atoms with Gasteiger partial charge >= 0.3 is 6.18 Å². The van der Waals surface area contributed by atoms with Gasteiger partial charge in [0.25, 0.3) is 0 Å². The lowest BCUT2D eigenvalue weighted by molar-refractivity contribution is -0.138. The topological polar surface area (TPSA) is 67.6 Å². The number of carbonyl (C=O) groups excluding carboxylic acids is 1. The number of benzene rings is 1.